The fraction of sp³-hybridized carbons (Fsp3) is 0.174. The lowest BCUT2D eigenvalue weighted by atomic mass is 9.82. The largest absolute Gasteiger partial charge is 0.760 e. The molecule has 6 nitrogen and oxygen atoms in total. The molecule has 0 fully saturated rings. The maximum absolute atomic E-state index is 13.7. The van der Waals surface area contributed by atoms with Crippen LogP contribution in [0.4, 0.5) is 0 Å². The monoisotopic (exact) mass is 423 g/mol. The number of methoxy groups -OCH3 is 1. The summed E-state index contributed by atoms with van der Waals surface area (Å²) in [6.45, 7) is 1.85. The molecule has 0 aliphatic rings. The Kier molecular flexibility index (Phi) is 6.99. The van der Waals surface area contributed by atoms with E-state index in [9.17, 15) is 13.6 Å². The molecule has 0 heterocycles. The zero-order valence-electron chi connectivity index (χ0n) is 16.7. The van der Waals surface area contributed by atoms with Crippen LogP contribution in [0.1, 0.15) is 29.7 Å². The van der Waals surface area contributed by atoms with Crippen LogP contribution in [0.5, 0.6) is 5.75 Å². The van der Waals surface area contributed by atoms with Gasteiger partial charge in [-0.15, -0.1) is 0 Å². The van der Waals surface area contributed by atoms with Crippen LogP contribution in [0.2, 0.25) is 0 Å². The average molecular weight is 424 g/mol. The summed E-state index contributed by atoms with van der Waals surface area (Å²) in [4.78, 5) is 13.7. The highest BCUT2D eigenvalue weighted by Crippen LogP contribution is 2.32. The van der Waals surface area contributed by atoms with Crippen LogP contribution in [0, 0.1) is 0 Å². The van der Waals surface area contributed by atoms with Crippen molar-refractivity contribution in [2.24, 2.45) is 0 Å². The van der Waals surface area contributed by atoms with E-state index in [0.717, 1.165) is 5.56 Å². The summed E-state index contributed by atoms with van der Waals surface area (Å²) in [7, 11) is 1.54. The lowest BCUT2D eigenvalue weighted by Crippen LogP contribution is -2.56. The third kappa shape index (κ3) is 4.59. The summed E-state index contributed by atoms with van der Waals surface area (Å²) >= 11 is -2.72. The third-order valence-electron chi connectivity index (χ3n) is 4.95. The molecule has 3 unspecified atom stereocenters. The Morgan fingerprint density at radius 3 is 2.00 bits per heavy atom. The van der Waals surface area contributed by atoms with Gasteiger partial charge in [0, 0.05) is 11.3 Å². The lowest BCUT2D eigenvalue weighted by Gasteiger charge is -2.36. The van der Waals surface area contributed by atoms with E-state index in [0.29, 0.717) is 16.9 Å². The Morgan fingerprint density at radius 2 is 1.47 bits per heavy atom. The van der Waals surface area contributed by atoms with Gasteiger partial charge in [0.15, 0.2) is 5.54 Å². The minimum absolute atomic E-state index is 0.332. The first-order valence-corrected chi connectivity index (χ1v) is 10.5. The second kappa shape index (κ2) is 9.67. The van der Waals surface area contributed by atoms with Gasteiger partial charge >= 0.3 is 0 Å². The van der Waals surface area contributed by atoms with Gasteiger partial charge in [0.25, 0.3) is 5.91 Å². The quantitative estimate of drug-likeness (QED) is 0.545. The van der Waals surface area contributed by atoms with Crippen molar-refractivity contribution >= 4 is 17.2 Å². The molecule has 156 valence electrons. The molecule has 0 saturated heterocycles. The first-order valence-electron chi connectivity index (χ1n) is 9.40. The van der Waals surface area contributed by atoms with Crippen LogP contribution in [0.15, 0.2) is 84.9 Å². The molecule has 0 bridgehead atoms. The zero-order chi connectivity index (χ0) is 21.6. The fourth-order valence-electron chi connectivity index (χ4n) is 3.38. The molecular formula is C23H23N2O4S-. The molecule has 0 aromatic heterocycles. The Morgan fingerprint density at radius 1 is 0.933 bits per heavy atom. The number of carbonyl (C=O) groups excluding carboxylic acids is 1. The Labute approximate surface area is 178 Å². The third-order valence-corrected chi connectivity index (χ3v) is 5.43. The van der Waals surface area contributed by atoms with Gasteiger partial charge < -0.3 is 14.6 Å². The van der Waals surface area contributed by atoms with Gasteiger partial charge in [-0.1, -0.05) is 72.8 Å². The molecule has 0 aliphatic carbocycles. The molecule has 7 heteroatoms. The van der Waals surface area contributed by atoms with Gasteiger partial charge in [0.2, 0.25) is 0 Å². The minimum Gasteiger partial charge on any atom is -0.760 e. The standard InChI is InChI=1S/C23H24N2O4S/c1-17(18-9-5-3-6-10-18)24-22(26)23(25-30(27)28,19-11-7-4-8-12-19)20-13-15-21(29-2)16-14-20/h3-17,25H,1-2H3,(H,24,26)(H,27,28)/p-1. The minimum atomic E-state index is -2.72. The van der Waals surface area contributed by atoms with Crippen molar-refractivity contribution in [3.05, 3.63) is 102 Å². The first kappa shape index (κ1) is 21.7. The second-order valence-electron chi connectivity index (χ2n) is 6.79. The SMILES string of the molecule is COc1ccc(C(NS(=O)[O-])(C(=O)NC(C)c2ccccc2)c2ccccc2)cc1. The predicted molar refractivity (Wildman–Crippen MR) is 115 cm³/mol. The van der Waals surface area contributed by atoms with Gasteiger partial charge in [-0.3, -0.25) is 9.00 Å². The van der Waals surface area contributed by atoms with E-state index < -0.39 is 22.7 Å². The summed E-state index contributed by atoms with van der Waals surface area (Å²) < 4.78 is 31.4. The van der Waals surface area contributed by atoms with Crippen molar-refractivity contribution in [2.45, 2.75) is 18.5 Å². The molecule has 0 spiro atoms. The molecule has 0 aliphatic heterocycles. The van der Waals surface area contributed by atoms with Gasteiger partial charge in [0.05, 0.1) is 13.2 Å². The molecule has 0 saturated carbocycles. The van der Waals surface area contributed by atoms with E-state index in [1.807, 2.05) is 37.3 Å². The number of nitrogens with one attached hydrogen (secondary N) is 2. The number of ether oxygens (including phenoxy) is 1. The Balaban J connectivity index is 2.11. The van der Waals surface area contributed by atoms with Crippen molar-refractivity contribution in [1.82, 2.24) is 10.0 Å². The molecule has 1 amide bonds. The van der Waals surface area contributed by atoms with Crippen molar-refractivity contribution in [3.63, 3.8) is 0 Å². The van der Waals surface area contributed by atoms with Gasteiger partial charge in [0.1, 0.15) is 5.75 Å². The summed E-state index contributed by atoms with van der Waals surface area (Å²) in [5, 5.41) is 2.96. The molecule has 3 rings (SSSR count). The van der Waals surface area contributed by atoms with Crippen LogP contribution in [-0.4, -0.2) is 21.8 Å². The van der Waals surface area contributed by atoms with E-state index in [4.69, 9.17) is 4.74 Å². The van der Waals surface area contributed by atoms with E-state index in [1.165, 1.54) is 0 Å². The number of carbonyl (C=O) groups is 1. The number of hydrogen-bond donors (Lipinski definition) is 2. The van der Waals surface area contributed by atoms with Crippen molar-refractivity contribution in [2.75, 3.05) is 7.11 Å². The van der Waals surface area contributed by atoms with Crippen molar-refractivity contribution in [3.8, 4) is 5.75 Å². The highest BCUT2D eigenvalue weighted by Gasteiger charge is 2.43. The van der Waals surface area contributed by atoms with E-state index >= 15 is 0 Å². The molecule has 3 atom stereocenters. The smallest absolute Gasteiger partial charge is 0.250 e. The Hall–Kier alpha value is -3.00. The van der Waals surface area contributed by atoms with E-state index in [-0.39, 0.29) is 6.04 Å². The summed E-state index contributed by atoms with van der Waals surface area (Å²) in [5.41, 5.74) is 0.225. The van der Waals surface area contributed by atoms with Crippen LogP contribution in [-0.2, 0) is 21.6 Å². The highest BCUT2D eigenvalue weighted by molar-refractivity contribution is 7.77. The second-order valence-corrected chi connectivity index (χ2v) is 7.46. The Bertz CT molecular complexity index is 997. The normalized spacial score (nSPS) is 14.9. The zero-order valence-corrected chi connectivity index (χ0v) is 17.5. The molecule has 3 aromatic rings. The van der Waals surface area contributed by atoms with E-state index in [1.54, 1.807) is 61.7 Å². The van der Waals surface area contributed by atoms with Crippen LogP contribution >= 0.6 is 0 Å². The number of hydrogen-bond acceptors (Lipinski definition) is 4. The number of rotatable bonds is 8. The maximum atomic E-state index is 13.7. The molecule has 30 heavy (non-hydrogen) atoms. The molecule has 3 aromatic carbocycles. The molecule has 2 N–H and O–H groups in total. The van der Waals surface area contributed by atoms with Crippen LogP contribution < -0.4 is 14.8 Å². The maximum Gasteiger partial charge on any atom is 0.250 e. The van der Waals surface area contributed by atoms with Gasteiger partial charge in [-0.25, -0.2) is 4.72 Å². The topological polar surface area (TPSA) is 90.5 Å². The fourth-order valence-corrected chi connectivity index (χ4v) is 3.96. The van der Waals surface area contributed by atoms with Crippen LogP contribution in [0.3, 0.4) is 0 Å². The molecule has 0 radical (unpaired) electrons. The summed E-state index contributed by atoms with van der Waals surface area (Å²) in [6, 6.07) is 24.6. The van der Waals surface area contributed by atoms with Crippen LogP contribution in [0.25, 0.3) is 0 Å². The highest BCUT2D eigenvalue weighted by atomic mass is 32.2. The van der Waals surface area contributed by atoms with E-state index in [2.05, 4.69) is 10.0 Å². The van der Waals surface area contributed by atoms with Gasteiger partial charge in [-0.05, 0) is 35.7 Å². The number of amides is 1. The predicted octanol–water partition coefficient (Wildman–Crippen LogP) is 3.20. The molecular weight excluding hydrogens is 400 g/mol. The first-order chi connectivity index (χ1) is 14.5. The summed E-state index contributed by atoms with van der Waals surface area (Å²) in [5.74, 6) is 0.112. The van der Waals surface area contributed by atoms with Gasteiger partial charge in [-0.2, -0.15) is 0 Å². The number of benzene rings is 3. The summed E-state index contributed by atoms with van der Waals surface area (Å²) in [6.07, 6.45) is 0. The van der Waals surface area contributed by atoms with Crippen molar-refractivity contribution < 1.29 is 18.3 Å². The lowest BCUT2D eigenvalue weighted by molar-refractivity contribution is -0.126. The average Bonchev–Trinajstić information content (AvgIpc) is 2.78. The van der Waals surface area contributed by atoms with Crippen molar-refractivity contribution in [1.29, 1.82) is 0 Å².